The van der Waals surface area contributed by atoms with Gasteiger partial charge in [0.25, 0.3) is 6.43 Å². The molecule has 0 spiro atoms. The summed E-state index contributed by atoms with van der Waals surface area (Å²) < 4.78 is 32.0. The minimum atomic E-state index is -2.81. The first-order valence-electron chi connectivity index (χ1n) is 7.84. The standard InChI is InChI=1S/C16H16ClF2N3O3S/c1-7-5-9(16(24)25-2)15(26-7)20-10(23)6-22-13(8-3-4-8)11(17)12(21-22)14(18)19/h5,8,14H,3-4,6H2,1-2H3,(H,20,23). The zero-order chi connectivity index (χ0) is 19.0. The third-order valence-electron chi connectivity index (χ3n) is 3.93. The molecule has 0 radical (unpaired) electrons. The largest absolute Gasteiger partial charge is 0.465 e. The zero-order valence-corrected chi connectivity index (χ0v) is 15.6. The molecule has 1 aliphatic rings. The van der Waals surface area contributed by atoms with Crippen LogP contribution in [0.25, 0.3) is 0 Å². The first-order chi connectivity index (χ1) is 12.3. The third kappa shape index (κ3) is 3.73. The van der Waals surface area contributed by atoms with Crippen LogP contribution in [0.4, 0.5) is 13.8 Å². The molecule has 1 fully saturated rings. The van der Waals surface area contributed by atoms with Crippen molar-refractivity contribution in [3.63, 3.8) is 0 Å². The van der Waals surface area contributed by atoms with Crippen LogP contribution < -0.4 is 5.32 Å². The van der Waals surface area contributed by atoms with Gasteiger partial charge < -0.3 is 10.1 Å². The number of carbonyl (C=O) groups is 2. The molecule has 2 aromatic heterocycles. The van der Waals surface area contributed by atoms with Crippen LogP contribution in [-0.2, 0) is 16.1 Å². The smallest absolute Gasteiger partial charge is 0.340 e. The first kappa shape index (κ1) is 18.8. The third-order valence-corrected chi connectivity index (χ3v) is 5.29. The van der Waals surface area contributed by atoms with Crippen molar-refractivity contribution in [2.24, 2.45) is 0 Å². The van der Waals surface area contributed by atoms with Crippen molar-refractivity contribution < 1.29 is 23.1 Å². The highest BCUT2D eigenvalue weighted by Gasteiger charge is 2.34. The number of anilines is 1. The van der Waals surface area contributed by atoms with Gasteiger partial charge >= 0.3 is 5.97 Å². The number of aromatic nitrogens is 2. The lowest BCUT2D eigenvalue weighted by atomic mass is 10.2. The van der Waals surface area contributed by atoms with E-state index in [4.69, 9.17) is 16.3 Å². The molecule has 1 saturated carbocycles. The number of ether oxygens (including phenoxy) is 1. The summed E-state index contributed by atoms with van der Waals surface area (Å²) in [5.41, 5.74) is 0.203. The monoisotopic (exact) mass is 403 g/mol. The molecule has 2 heterocycles. The van der Waals surface area contributed by atoms with Gasteiger partial charge in [0.1, 0.15) is 17.2 Å². The number of hydrogen-bond donors (Lipinski definition) is 1. The van der Waals surface area contributed by atoms with Crippen molar-refractivity contribution in [3.8, 4) is 0 Å². The lowest BCUT2D eigenvalue weighted by Crippen LogP contribution is -2.21. The highest BCUT2D eigenvalue weighted by Crippen LogP contribution is 2.45. The number of amides is 1. The van der Waals surface area contributed by atoms with Gasteiger partial charge in [-0.25, -0.2) is 13.6 Å². The highest BCUT2D eigenvalue weighted by atomic mass is 35.5. The number of alkyl halides is 2. The molecular weight excluding hydrogens is 388 g/mol. The number of nitrogens with one attached hydrogen (secondary N) is 1. The molecule has 0 saturated heterocycles. The van der Waals surface area contributed by atoms with Gasteiger partial charge in [0, 0.05) is 10.8 Å². The van der Waals surface area contributed by atoms with Gasteiger partial charge in [-0.2, -0.15) is 5.10 Å². The first-order valence-corrected chi connectivity index (χ1v) is 9.04. The predicted octanol–water partition coefficient (Wildman–Crippen LogP) is 4.15. The number of aryl methyl sites for hydroxylation is 1. The highest BCUT2D eigenvalue weighted by molar-refractivity contribution is 7.16. The summed E-state index contributed by atoms with van der Waals surface area (Å²) in [4.78, 5) is 25.0. The van der Waals surface area contributed by atoms with E-state index in [0.717, 1.165) is 17.7 Å². The van der Waals surface area contributed by atoms with Crippen molar-refractivity contribution in [1.29, 1.82) is 0 Å². The number of halogens is 3. The summed E-state index contributed by atoms with van der Waals surface area (Å²) in [6.07, 6.45) is -1.16. The molecule has 0 aliphatic heterocycles. The molecule has 10 heteroatoms. The Balaban J connectivity index is 1.81. The fourth-order valence-corrected chi connectivity index (χ4v) is 3.94. The maximum Gasteiger partial charge on any atom is 0.340 e. The SMILES string of the molecule is COC(=O)c1cc(C)sc1NC(=O)Cn1nc(C(F)F)c(Cl)c1C1CC1. The van der Waals surface area contributed by atoms with Crippen LogP contribution in [0.5, 0.6) is 0 Å². The number of rotatable bonds is 6. The van der Waals surface area contributed by atoms with Crippen molar-refractivity contribution in [3.05, 3.63) is 32.9 Å². The Kier molecular flexibility index (Phi) is 5.29. The lowest BCUT2D eigenvalue weighted by Gasteiger charge is -2.08. The van der Waals surface area contributed by atoms with E-state index in [1.165, 1.54) is 23.1 Å². The van der Waals surface area contributed by atoms with Crippen LogP contribution >= 0.6 is 22.9 Å². The summed E-state index contributed by atoms with van der Waals surface area (Å²) >= 11 is 7.26. The number of carbonyl (C=O) groups excluding carboxylic acids is 2. The summed E-state index contributed by atoms with van der Waals surface area (Å²) in [6, 6.07) is 1.61. The summed E-state index contributed by atoms with van der Waals surface area (Å²) in [5.74, 6) is -1.01. The topological polar surface area (TPSA) is 73.2 Å². The van der Waals surface area contributed by atoms with Gasteiger partial charge in [0.2, 0.25) is 5.91 Å². The Bertz CT molecular complexity index is 861. The van der Waals surface area contributed by atoms with Crippen molar-refractivity contribution in [2.75, 3.05) is 12.4 Å². The van der Waals surface area contributed by atoms with E-state index in [9.17, 15) is 18.4 Å². The maximum absolute atomic E-state index is 13.1. The van der Waals surface area contributed by atoms with Crippen LogP contribution in [0.3, 0.4) is 0 Å². The van der Waals surface area contributed by atoms with Crippen LogP contribution in [0.1, 0.15) is 51.8 Å². The molecule has 1 amide bonds. The molecule has 0 aromatic carbocycles. The quantitative estimate of drug-likeness (QED) is 0.735. The van der Waals surface area contributed by atoms with E-state index in [2.05, 4.69) is 10.4 Å². The maximum atomic E-state index is 13.1. The molecular formula is C16H16ClF2N3O3S. The molecule has 2 aromatic rings. The number of esters is 1. The van der Waals surface area contributed by atoms with Gasteiger partial charge in [0.15, 0.2) is 0 Å². The molecule has 3 rings (SSSR count). The molecule has 6 nitrogen and oxygen atoms in total. The number of hydrogen-bond acceptors (Lipinski definition) is 5. The Morgan fingerprint density at radius 2 is 2.19 bits per heavy atom. The summed E-state index contributed by atoms with van der Waals surface area (Å²) in [6.45, 7) is 1.52. The summed E-state index contributed by atoms with van der Waals surface area (Å²) in [7, 11) is 1.25. The zero-order valence-electron chi connectivity index (χ0n) is 14.0. The van der Waals surface area contributed by atoms with E-state index in [0.29, 0.717) is 10.7 Å². The second-order valence-corrected chi connectivity index (χ2v) is 7.59. The van der Waals surface area contributed by atoms with Gasteiger partial charge in [-0.1, -0.05) is 11.6 Å². The van der Waals surface area contributed by atoms with Gasteiger partial charge in [0.05, 0.1) is 23.4 Å². The average Bonchev–Trinajstić information content (AvgIpc) is 3.26. The van der Waals surface area contributed by atoms with Crippen LogP contribution in [0, 0.1) is 6.92 Å². The van der Waals surface area contributed by atoms with Crippen LogP contribution in [0.15, 0.2) is 6.07 Å². The van der Waals surface area contributed by atoms with Gasteiger partial charge in [-0.3, -0.25) is 9.48 Å². The van der Waals surface area contributed by atoms with E-state index >= 15 is 0 Å². The van der Waals surface area contributed by atoms with E-state index in [-0.39, 0.29) is 23.0 Å². The Labute approximate surface area is 157 Å². The van der Waals surface area contributed by atoms with E-state index in [1.54, 1.807) is 13.0 Å². The van der Waals surface area contributed by atoms with Crippen LogP contribution in [0.2, 0.25) is 5.02 Å². The molecule has 140 valence electrons. The van der Waals surface area contributed by atoms with Crippen molar-refractivity contribution in [1.82, 2.24) is 9.78 Å². The molecule has 26 heavy (non-hydrogen) atoms. The van der Waals surface area contributed by atoms with Crippen molar-refractivity contribution >= 4 is 39.8 Å². The number of nitrogens with zero attached hydrogens (tertiary/aromatic N) is 2. The predicted molar refractivity (Wildman–Crippen MR) is 93.2 cm³/mol. The van der Waals surface area contributed by atoms with Gasteiger partial charge in [-0.15, -0.1) is 11.3 Å². The molecule has 0 atom stereocenters. The molecule has 0 unspecified atom stereocenters. The minimum Gasteiger partial charge on any atom is -0.465 e. The van der Waals surface area contributed by atoms with Crippen molar-refractivity contribution in [2.45, 2.75) is 38.7 Å². The fraction of sp³-hybridized carbons (Fsp3) is 0.438. The second-order valence-electron chi connectivity index (χ2n) is 5.96. The lowest BCUT2D eigenvalue weighted by molar-refractivity contribution is -0.116. The molecule has 0 bridgehead atoms. The number of methoxy groups -OCH3 is 1. The van der Waals surface area contributed by atoms with E-state index in [1.807, 2.05) is 0 Å². The average molecular weight is 404 g/mol. The summed E-state index contributed by atoms with van der Waals surface area (Å²) in [5, 5.41) is 6.72. The Morgan fingerprint density at radius 1 is 1.50 bits per heavy atom. The fourth-order valence-electron chi connectivity index (χ4n) is 2.65. The second kappa shape index (κ2) is 7.32. The van der Waals surface area contributed by atoms with Crippen LogP contribution in [-0.4, -0.2) is 28.8 Å². The Morgan fingerprint density at radius 3 is 2.77 bits per heavy atom. The Hall–Kier alpha value is -2.00. The normalized spacial score (nSPS) is 13.9. The molecule has 1 N–H and O–H groups in total. The number of thiophene rings is 1. The van der Waals surface area contributed by atoms with E-state index < -0.39 is 24.0 Å². The minimum absolute atomic E-state index is 0.0462. The molecule has 1 aliphatic carbocycles. The van der Waals surface area contributed by atoms with Gasteiger partial charge in [-0.05, 0) is 25.8 Å².